The van der Waals surface area contributed by atoms with E-state index in [2.05, 4.69) is 10.0 Å². The SMILES string of the molecule is CCc1ccc(S(=O)(=O)NCCc2ccc3c(c2)CC(=O)N3)cc1. The molecule has 1 aliphatic rings. The van der Waals surface area contributed by atoms with Gasteiger partial charge in [-0.25, -0.2) is 13.1 Å². The van der Waals surface area contributed by atoms with Crippen molar-refractivity contribution in [2.75, 3.05) is 11.9 Å². The van der Waals surface area contributed by atoms with Crippen LogP contribution in [0.3, 0.4) is 0 Å². The van der Waals surface area contributed by atoms with Crippen molar-refractivity contribution in [2.45, 2.75) is 31.1 Å². The summed E-state index contributed by atoms with van der Waals surface area (Å²) in [6.45, 7) is 2.35. The Hall–Kier alpha value is -2.18. The van der Waals surface area contributed by atoms with Crippen molar-refractivity contribution >= 4 is 21.6 Å². The second kappa shape index (κ2) is 6.75. The van der Waals surface area contributed by atoms with E-state index >= 15 is 0 Å². The zero-order valence-corrected chi connectivity index (χ0v) is 14.3. The molecule has 0 aliphatic carbocycles. The van der Waals surface area contributed by atoms with Gasteiger partial charge in [0, 0.05) is 12.2 Å². The quantitative estimate of drug-likeness (QED) is 0.844. The van der Waals surface area contributed by atoms with E-state index in [9.17, 15) is 13.2 Å². The van der Waals surface area contributed by atoms with E-state index in [0.29, 0.717) is 19.4 Å². The number of carbonyl (C=O) groups is 1. The summed E-state index contributed by atoms with van der Waals surface area (Å²) < 4.78 is 27.2. The maximum absolute atomic E-state index is 12.3. The second-order valence-electron chi connectivity index (χ2n) is 5.86. The average Bonchev–Trinajstić information content (AvgIpc) is 2.94. The highest BCUT2D eigenvalue weighted by Crippen LogP contribution is 2.24. The first-order chi connectivity index (χ1) is 11.5. The van der Waals surface area contributed by atoms with Crippen LogP contribution in [0, 0.1) is 0 Å². The van der Waals surface area contributed by atoms with Crippen LogP contribution in [0.1, 0.15) is 23.6 Å². The van der Waals surface area contributed by atoms with Crippen LogP contribution < -0.4 is 10.0 Å². The van der Waals surface area contributed by atoms with Crippen LogP contribution in [0.15, 0.2) is 47.4 Å². The minimum Gasteiger partial charge on any atom is -0.326 e. The van der Waals surface area contributed by atoms with E-state index in [-0.39, 0.29) is 10.8 Å². The highest BCUT2D eigenvalue weighted by Gasteiger charge is 2.18. The van der Waals surface area contributed by atoms with Crippen molar-refractivity contribution in [1.82, 2.24) is 4.72 Å². The van der Waals surface area contributed by atoms with Gasteiger partial charge in [-0.3, -0.25) is 4.79 Å². The Bertz CT molecular complexity index is 858. The van der Waals surface area contributed by atoms with Gasteiger partial charge in [-0.15, -0.1) is 0 Å². The zero-order valence-electron chi connectivity index (χ0n) is 13.5. The van der Waals surface area contributed by atoms with Crippen molar-refractivity contribution in [2.24, 2.45) is 0 Å². The van der Waals surface area contributed by atoms with Crippen LogP contribution in [0.25, 0.3) is 0 Å². The molecule has 0 unspecified atom stereocenters. The fourth-order valence-corrected chi connectivity index (χ4v) is 3.79. The molecule has 0 bridgehead atoms. The Balaban J connectivity index is 1.61. The number of sulfonamides is 1. The van der Waals surface area contributed by atoms with Crippen molar-refractivity contribution in [3.05, 3.63) is 59.2 Å². The topological polar surface area (TPSA) is 75.3 Å². The van der Waals surface area contributed by atoms with Crippen molar-refractivity contribution < 1.29 is 13.2 Å². The molecule has 0 atom stereocenters. The van der Waals surface area contributed by atoms with Crippen LogP contribution in [0.2, 0.25) is 0 Å². The maximum atomic E-state index is 12.3. The van der Waals surface area contributed by atoms with Gasteiger partial charge < -0.3 is 5.32 Å². The van der Waals surface area contributed by atoms with E-state index in [0.717, 1.165) is 28.8 Å². The standard InChI is InChI=1S/C18H20N2O3S/c1-2-13-3-6-16(7-4-13)24(22,23)19-10-9-14-5-8-17-15(11-14)12-18(21)20-17/h3-8,11,19H,2,9-10,12H2,1H3,(H,20,21). The summed E-state index contributed by atoms with van der Waals surface area (Å²) in [7, 11) is -3.49. The smallest absolute Gasteiger partial charge is 0.240 e. The third kappa shape index (κ3) is 3.66. The van der Waals surface area contributed by atoms with E-state index < -0.39 is 10.0 Å². The van der Waals surface area contributed by atoms with Gasteiger partial charge in [0.2, 0.25) is 15.9 Å². The van der Waals surface area contributed by atoms with Crippen LogP contribution in [-0.2, 0) is 34.1 Å². The lowest BCUT2D eigenvalue weighted by Gasteiger charge is -2.08. The number of nitrogens with one attached hydrogen (secondary N) is 2. The summed E-state index contributed by atoms with van der Waals surface area (Å²) >= 11 is 0. The third-order valence-electron chi connectivity index (χ3n) is 4.14. The van der Waals surface area contributed by atoms with Crippen LogP contribution in [0.4, 0.5) is 5.69 Å². The summed E-state index contributed by atoms with van der Waals surface area (Å²) in [5.74, 6) is -0.00150. The lowest BCUT2D eigenvalue weighted by atomic mass is 10.1. The summed E-state index contributed by atoms with van der Waals surface area (Å²) in [4.78, 5) is 11.6. The molecule has 6 heteroatoms. The Morgan fingerprint density at radius 2 is 1.79 bits per heavy atom. The molecule has 2 aromatic rings. The predicted molar refractivity (Wildman–Crippen MR) is 93.5 cm³/mol. The number of anilines is 1. The third-order valence-corrected chi connectivity index (χ3v) is 5.62. The molecule has 126 valence electrons. The minimum absolute atomic E-state index is 0.00150. The van der Waals surface area contributed by atoms with Gasteiger partial charge in [-0.1, -0.05) is 31.2 Å². The lowest BCUT2D eigenvalue weighted by molar-refractivity contribution is -0.115. The molecule has 24 heavy (non-hydrogen) atoms. The van der Waals surface area contributed by atoms with Crippen molar-refractivity contribution in [1.29, 1.82) is 0 Å². The van der Waals surface area contributed by atoms with Gasteiger partial charge in [0.15, 0.2) is 0 Å². The van der Waals surface area contributed by atoms with Crippen LogP contribution in [0.5, 0.6) is 0 Å². The Kier molecular flexibility index (Phi) is 4.69. The number of rotatable bonds is 6. The minimum atomic E-state index is -3.49. The summed E-state index contributed by atoms with van der Waals surface area (Å²) in [6, 6.07) is 12.7. The molecule has 0 aromatic heterocycles. The number of fused-ring (bicyclic) bond motifs is 1. The first-order valence-electron chi connectivity index (χ1n) is 7.98. The molecule has 0 spiro atoms. The van der Waals surface area contributed by atoms with Gasteiger partial charge in [0.05, 0.1) is 11.3 Å². The summed E-state index contributed by atoms with van der Waals surface area (Å²) in [5, 5.41) is 2.79. The molecule has 3 rings (SSSR count). The number of carbonyl (C=O) groups excluding carboxylic acids is 1. The molecule has 5 nitrogen and oxygen atoms in total. The van der Waals surface area contributed by atoms with Gasteiger partial charge in [0.1, 0.15) is 0 Å². The first-order valence-corrected chi connectivity index (χ1v) is 9.46. The van der Waals surface area contributed by atoms with E-state index in [1.807, 2.05) is 37.3 Å². The van der Waals surface area contributed by atoms with Crippen molar-refractivity contribution in [3.63, 3.8) is 0 Å². The van der Waals surface area contributed by atoms with Crippen LogP contribution >= 0.6 is 0 Å². The van der Waals surface area contributed by atoms with Gasteiger partial charge >= 0.3 is 0 Å². The Morgan fingerprint density at radius 3 is 2.50 bits per heavy atom. The van der Waals surface area contributed by atoms with Gasteiger partial charge in [-0.2, -0.15) is 0 Å². The molecule has 1 aliphatic heterocycles. The van der Waals surface area contributed by atoms with E-state index in [1.165, 1.54) is 0 Å². The van der Waals surface area contributed by atoms with E-state index in [4.69, 9.17) is 0 Å². The summed E-state index contributed by atoms with van der Waals surface area (Å²) in [6.07, 6.45) is 1.84. The average molecular weight is 344 g/mol. The Labute approximate surface area is 142 Å². The molecule has 1 heterocycles. The summed E-state index contributed by atoms with van der Waals surface area (Å²) in [5.41, 5.74) is 3.93. The first kappa shape index (κ1) is 16.7. The number of benzene rings is 2. The molecule has 1 amide bonds. The molecule has 0 radical (unpaired) electrons. The highest BCUT2D eigenvalue weighted by molar-refractivity contribution is 7.89. The van der Waals surface area contributed by atoms with Gasteiger partial charge in [0.25, 0.3) is 0 Å². The van der Waals surface area contributed by atoms with E-state index in [1.54, 1.807) is 12.1 Å². The lowest BCUT2D eigenvalue weighted by Crippen LogP contribution is -2.26. The largest absolute Gasteiger partial charge is 0.326 e. The molecule has 0 saturated carbocycles. The molecule has 0 saturated heterocycles. The fourth-order valence-electron chi connectivity index (χ4n) is 2.76. The second-order valence-corrected chi connectivity index (χ2v) is 7.63. The number of amides is 1. The molecule has 0 fully saturated rings. The normalized spacial score (nSPS) is 13.6. The number of hydrogen-bond donors (Lipinski definition) is 2. The molecular weight excluding hydrogens is 324 g/mol. The number of hydrogen-bond acceptors (Lipinski definition) is 3. The van der Waals surface area contributed by atoms with Crippen LogP contribution in [-0.4, -0.2) is 20.9 Å². The molecule has 2 N–H and O–H groups in total. The highest BCUT2D eigenvalue weighted by atomic mass is 32.2. The zero-order chi connectivity index (χ0) is 17.2. The molecular formula is C18H20N2O3S. The fraction of sp³-hybridized carbons (Fsp3) is 0.278. The monoisotopic (exact) mass is 344 g/mol. The molecule has 2 aromatic carbocycles. The predicted octanol–water partition coefficient (Wildman–Crippen LogP) is 2.26. The maximum Gasteiger partial charge on any atom is 0.240 e. The Morgan fingerprint density at radius 1 is 1.08 bits per heavy atom. The van der Waals surface area contributed by atoms with Crippen molar-refractivity contribution in [3.8, 4) is 0 Å². The number of aryl methyl sites for hydroxylation is 1. The van der Waals surface area contributed by atoms with Gasteiger partial charge in [-0.05, 0) is 47.7 Å².